The zero-order chi connectivity index (χ0) is 14.2. The lowest BCUT2D eigenvalue weighted by Gasteiger charge is -2.17. The number of aromatic nitrogens is 5. The largest absolute Gasteiger partial charge is 0.361 e. The number of rotatable bonds is 3. The van der Waals surface area contributed by atoms with Crippen molar-refractivity contribution in [1.82, 2.24) is 25.5 Å². The molecule has 1 N–H and O–H groups in total. The van der Waals surface area contributed by atoms with Gasteiger partial charge in [0.05, 0.1) is 18.3 Å². The Kier molecular flexibility index (Phi) is 2.83. The van der Waals surface area contributed by atoms with Gasteiger partial charge in [-0.3, -0.25) is 5.10 Å². The fourth-order valence-electron chi connectivity index (χ4n) is 2.79. The van der Waals surface area contributed by atoms with Gasteiger partial charge in [0.1, 0.15) is 5.76 Å². The highest BCUT2D eigenvalue weighted by atomic mass is 16.5. The van der Waals surface area contributed by atoms with Crippen LogP contribution in [0.4, 0.5) is 0 Å². The maximum absolute atomic E-state index is 5.42. The zero-order valence-corrected chi connectivity index (χ0v) is 11.7. The van der Waals surface area contributed by atoms with Gasteiger partial charge < -0.3 is 9.05 Å². The van der Waals surface area contributed by atoms with Crippen LogP contribution in [0.3, 0.4) is 0 Å². The molecule has 1 unspecified atom stereocenters. The van der Waals surface area contributed by atoms with Crippen molar-refractivity contribution in [2.45, 2.75) is 38.5 Å². The van der Waals surface area contributed by atoms with Crippen LogP contribution in [0.1, 0.15) is 46.8 Å². The molecule has 1 aliphatic carbocycles. The highest BCUT2D eigenvalue weighted by molar-refractivity contribution is 5.22. The van der Waals surface area contributed by atoms with Gasteiger partial charge in [0.15, 0.2) is 5.82 Å². The molecule has 4 rings (SSSR count). The van der Waals surface area contributed by atoms with Gasteiger partial charge in [0.25, 0.3) is 0 Å². The molecule has 0 radical (unpaired) electrons. The predicted molar refractivity (Wildman–Crippen MR) is 71.7 cm³/mol. The van der Waals surface area contributed by atoms with Crippen molar-refractivity contribution in [2.75, 3.05) is 0 Å². The molecule has 0 spiro atoms. The number of hydrogen-bond donors (Lipinski definition) is 1. The fraction of sp³-hybridized carbons (Fsp3) is 0.429. The summed E-state index contributed by atoms with van der Waals surface area (Å²) in [4.78, 5) is 4.50. The van der Waals surface area contributed by atoms with Crippen LogP contribution in [0.15, 0.2) is 21.3 Å². The van der Waals surface area contributed by atoms with Gasteiger partial charge in [-0.1, -0.05) is 10.3 Å². The number of hydrogen-bond acceptors (Lipinski definition) is 6. The van der Waals surface area contributed by atoms with Gasteiger partial charge in [-0.2, -0.15) is 10.1 Å². The smallest absolute Gasteiger partial charge is 0.230 e. The molecular formula is C14H15N5O2. The molecule has 3 heterocycles. The first-order valence-electron chi connectivity index (χ1n) is 7.04. The SMILES string of the molecule is Cc1cc(Cc2noc(C3CCc4cn[nH]c4C3)n2)no1. The minimum Gasteiger partial charge on any atom is -0.361 e. The molecule has 0 fully saturated rings. The van der Waals surface area contributed by atoms with E-state index in [4.69, 9.17) is 9.05 Å². The van der Waals surface area contributed by atoms with E-state index in [9.17, 15) is 0 Å². The summed E-state index contributed by atoms with van der Waals surface area (Å²) in [6, 6.07) is 1.88. The normalized spacial score (nSPS) is 17.9. The Morgan fingerprint density at radius 3 is 3.14 bits per heavy atom. The van der Waals surface area contributed by atoms with Crippen molar-refractivity contribution in [3.63, 3.8) is 0 Å². The second-order valence-corrected chi connectivity index (χ2v) is 5.47. The molecule has 1 aliphatic rings. The number of H-pyrrole nitrogens is 1. The molecule has 108 valence electrons. The van der Waals surface area contributed by atoms with Gasteiger partial charge in [0.2, 0.25) is 5.89 Å². The Labute approximate surface area is 120 Å². The molecule has 0 aromatic carbocycles. The van der Waals surface area contributed by atoms with Crippen molar-refractivity contribution in [3.05, 3.63) is 46.7 Å². The van der Waals surface area contributed by atoms with Crippen LogP contribution in [-0.4, -0.2) is 25.5 Å². The van der Waals surface area contributed by atoms with Crippen LogP contribution in [0, 0.1) is 6.92 Å². The molecule has 1 atom stereocenters. The van der Waals surface area contributed by atoms with Gasteiger partial charge in [-0.05, 0) is 25.3 Å². The van der Waals surface area contributed by atoms with Gasteiger partial charge >= 0.3 is 0 Å². The van der Waals surface area contributed by atoms with Crippen LogP contribution < -0.4 is 0 Å². The van der Waals surface area contributed by atoms with Crippen LogP contribution in [0.5, 0.6) is 0 Å². The molecule has 3 aromatic rings. The topological polar surface area (TPSA) is 93.6 Å². The maximum Gasteiger partial charge on any atom is 0.230 e. The lowest BCUT2D eigenvalue weighted by Crippen LogP contribution is -2.12. The van der Waals surface area contributed by atoms with E-state index < -0.39 is 0 Å². The van der Waals surface area contributed by atoms with E-state index in [0.29, 0.717) is 18.1 Å². The quantitative estimate of drug-likeness (QED) is 0.790. The van der Waals surface area contributed by atoms with Crippen LogP contribution >= 0.6 is 0 Å². The Balaban J connectivity index is 1.50. The lowest BCUT2D eigenvalue weighted by atomic mass is 9.88. The highest BCUT2D eigenvalue weighted by Gasteiger charge is 2.26. The number of aromatic amines is 1. The third kappa shape index (κ3) is 2.35. The monoisotopic (exact) mass is 285 g/mol. The first kappa shape index (κ1) is 12.3. The van der Waals surface area contributed by atoms with Gasteiger partial charge in [-0.25, -0.2) is 0 Å². The molecule has 3 aromatic heterocycles. The minimum atomic E-state index is 0.262. The maximum atomic E-state index is 5.42. The van der Waals surface area contributed by atoms with E-state index in [2.05, 4.69) is 25.5 Å². The standard InChI is InChI=1S/C14H15N5O2/c1-8-4-11(18-20-8)6-13-16-14(21-19-13)9-2-3-10-7-15-17-12(10)5-9/h4,7,9H,2-3,5-6H2,1H3,(H,15,17). The molecule has 0 aliphatic heterocycles. The molecule has 7 nitrogen and oxygen atoms in total. The van der Waals surface area contributed by atoms with Crippen LogP contribution in [0.2, 0.25) is 0 Å². The van der Waals surface area contributed by atoms with E-state index in [-0.39, 0.29) is 5.92 Å². The second-order valence-electron chi connectivity index (χ2n) is 5.47. The summed E-state index contributed by atoms with van der Waals surface area (Å²) in [7, 11) is 0. The molecule has 0 bridgehead atoms. The lowest BCUT2D eigenvalue weighted by molar-refractivity contribution is 0.336. The molecule has 0 saturated heterocycles. The summed E-state index contributed by atoms with van der Waals surface area (Å²) in [6.07, 6.45) is 5.31. The number of fused-ring (bicyclic) bond motifs is 1. The van der Waals surface area contributed by atoms with Crippen LogP contribution in [0.25, 0.3) is 0 Å². The third-order valence-electron chi connectivity index (χ3n) is 3.87. The molecule has 0 saturated carbocycles. The van der Waals surface area contributed by atoms with Gasteiger partial charge in [-0.15, -0.1) is 0 Å². The predicted octanol–water partition coefficient (Wildman–Crippen LogP) is 1.95. The summed E-state index contributed by atoms with van der Waals surface area (Å²) in [5, 5.41) is 15.1. The van der Waals surface area contributed by atoms with E-state index in [0.717, 1.165) is 30.7 Å². The number of nitrogens with one attached hydrogen (secondary N) is 1. The second kappa shape index (κ2) is 4.83. The first-order valence-corrected chi connectivity index (χ1v) is 7.04. The third-order valence-corrected chi connectivity index (χ3v) is 3.87. The van der Waals surface area contributed by atoms with Crippen molar-refractivity contribution < 1.29 is 9.05 Å². The molecular weight excluding hydrogens is 270 g/mol. The highest BCUT2D eigenvalue weighted by Crippen LogP contribution is 2.30. The average molecular weight is 285 g/mol. The van der Waals surface area contributed by atoms with Gasteiger partial charge in [0, 0.05) is 24.1 Å². The Hall–Kier alpha value is -2.44. The van der Waals surface area contributed by atoms with E-state index in [1.54, 1.807) is 0 Å². The summed E-state index contributed by atoms with van der Waals surface area (Å²) >= 11 is 0. The first-order chi connectivity index (χ1) is 10.3. The Morgan fingerprint density at radius 2 is 2.29 bits per heavy atom. The molecule has 21 heavy (non-hydrogen) atoms. The van der Waals surface area contributed by atoms with Crippen molar-refractivity contribution in [1.29, 1.82) is 0 Å². The summed E-state index contributed by atoms with van der Waals surface area (Å²) in [5.41, 5.74) is 3.29. The van der Waals surface area contributed by atoms with Crippen molar-refractivity contribution in [2.24, 2.45) is 0 Å². The summed E-state index contributed by atoms with van der Waals surface area (Å²) < 4.78 is 10.5. The fourth-order valence-corrected chi connectivity index (χ4v) is 2.79. The van der Waals surface area contributed by atoms with E-state index >= 15 is 0 Å². The van der Waals surface area contributed by atoms with Crippen molar-refractivity contribution in [3.8, 4) is 0 Å². The Morgan fingerprint density at radius 1 is 1.33 bits per heavy atom. The molecule has 0 amide bonds. The molecule has 7 heteroatoms. The Bertz CT molecular complexity index is 757. The average Bonchev–Trinajstić information content (AvgIpc) is 3.19. The number of aryl methyl sites for hydroxylation is 2. The van der Waals surface area contributed by atoms with E-state index in [1.165, 1.54) is 11.3 Å². The van der Waals surface area contributed by atoms with E-state index in [1.807, 2.05) is 19.2 Å². The summed E-state index contributed by atoms with van der Waals surface area (Å²) in [5.74, 6) is 2.39. The van der Waals surface area contributed by atoms with Crippen molar-refractivity contribution >= 4 is 0 Å². The number of nitrogens with zero attached hydrogens (tertiary/aromatic N) is 4. The summed E-state index contributed by atoms with van der Waals surface area (Å²) in [6.45, 7) is 1.86. The van der Waals surface area contributed by atoms with Crippen LogP contribution in [-0.2, 0) is 19.3 Å². The zero-order valence-electron chi connectivity index (χ0n) is 11.7. The minimum absolute atomic E-state index is 0.262.